The van der Waals surface area contributed by atoms with Crippen molar-refractivity contribution >= 4 is 21.8 Å². The van der Waals surface area contributed by atoms with Gasteiger partial charge in [-0.25, -0.2) is 19.6 Å². The van der Waals surface area contributed by atoms with Crippen LogP contribution in [0.15, 0.2) is 79.1 Å². The highest BCUT2D eigenvalue weighted by Gasteiger charge is 2.12. The van der Waals surface area contributed by atoms with Crippen molar-refractivity contribution in [3.63, 3.8) is 0 Å². The average molecular weight is 418 g/mol. The Hall–Kier alpha value is -5.08. The van der Waals surface area contributed by atoms with Gasteiger partial charge in [-0.1, -0.05) is 0 Å². The molecule has 5 aromatic rings. The van der Waals surface area contributed by atoms with Crippen molar-refractivity contribution in [2.75, 3.05) is 0 Å². The van der Waals surface area contributed by atoms with E-state index < -0.39 is 11.3 Å². The van der Waals surface area contributed by atoms with Crippen LogP contribution in [0.3, 0.4) is 0 Å². The van der Waals surface area contributed by atoms with Gasteiger partial charge in [-0.15, -0.1) is 0 Å². The SMILES string of the molecule is N#Cc1ccc2nc(-c3ccc(-c4nc5ccc(C#N)cc5c(=O)o4)cc3)oc(=O)c2c1. The van der Waals surface area contributed by atoms with Crippen molar-refractivity contribution < 1.29 is 8.83 Å². The minimum Gasteiger partial charge on any atom is -0.403 e. The minimum atomic E-state index is -0.592. The van der Waals surface area contributed by atoms with Gasteiger partial charge in [-0.2, -0.15) is 10.5 Å². The fraction of sp³-hybridized carbons (Fsp3) is 0. The zero-order valence-electron chi connectivity index (χ0n) is 16.2. The van der Waals surface area contributed by atoms with Crippen molar-refractivity contribution in [3.05, 3.63) is 92.6 Å². The molecule has 0 saturated heterocycles. The summed E-state index contributed by atoms with van der Waals surface area (Å²) in [6.45, 7) is 0. The Morgan fingerprint density at radius 2 is 1.03 bits per heavy atom. The van der Waals surface area contributed by atoms with Crippen molar-refractivity contribution in [1.82, 2.24) is 9.97 Å². The summed E-state index contributed by atoms with van der Waals surface area (Å²) in [5.74, 6) is 0.242. The zero-order chi connectivity index (χ0) is 22.2. The van der Waals surface area contributed by atoms with Crippen LogP contribution in [0.25, 0.3) is 44.7 Å². The van der Waals surface area contributed by atoms with Gasteiger partial charge in [-0.3, -0.25) is 0 Å². The van der Waals surface area contributed by atoms with Crippen molar-refractivity contribution in [1.29, 1.82) is 10.5 Å². The summed E-state index contributed by atoms with van der Waals surface area (Å²) >= 11 is 0. The molecule has 0 radical (unpaired) electrons. The van der Waals surface area contributed by atoms with E-state index in [1.165, 1.54) is 12.1 Å². The van der Waals surface area contributed by atoms with Crippen molar-refractivity contribution in [2.45, 2.75) is 0 Å². The molecule has 150 valence electrons. The number of benzene rings is 3. The van der Waals surface area contributed by atoms with Crippen LogP contribution in [-0.2, 0) is 0 Å². The van der Waals surface area contributed by atoms with Gasteiger partial charge in [0.15, 0.2) is 0 Å². The molecule has 0 fully saturated rings. The van der Waals surface area contributed by atoms with E-state index in [4.69, 9.17) is 19.4 Å². The Kier molecular flexibility index (Phi) is 4.32. The number of hydrogen-bond acceptors (Lipinski definition) is 8. The Labute approximate surface area is 179 Å². The number of fused-ring (bicyclic) bond motifs is 2. The van der Waals surface area contributed by atoms with Gasteiger partial charge in [0.2, 0.25) is 11.8 Å². The summed E-state index contributed by atoms with van der Waals surface area (Å²) in [6.07, 6.45) is 0. The summed E-state index contributed by atoms with van der Waals surface area (Å²) in [5.41, 5.74) is 1.42. The fourth-order valence-electron chi connectivity index (χ4n) is 3.29. The van der Waals surface area contributed by atoms with Crippen LogP contribution in [0.5, 0.6) is 0 Å². The number of rotatable bonds is 2. The first-order valence-electron chi connectivity index (χ1n) is 9.36. The lowest BCUT2D eigenvalue weighted by molar-refractivity contribution is 0.516. The molecule has 8 heteroatoms. The number of hydrogen-bond donors (Lipinski definition) is 0. The zero-order valence-corrected chi connectivity index (χ0v) is 16.2. The molecule has 2 heterocycles. The summed E-state index contributed by atoms with van der Waals surface area (Å²) in [7, 11) is 0. The molecule has 32 heavy (non-hydrogen) atoms. The lowest BCUT2D eigenvalue weighted by atomic mass is 10.1. The molecule has 0 aliphatic heterocycles. The van der Waals surface area contributed by atoms with Gasteiger partial charge in [0.1, 0.15) is 0 Å². The first-order valence-corrected chi connectivity index (χ1v) is 9.36. The van der Waals surface area contributed by atoms with Crippen LogP contribution in [-0.4, -0.2) is 9.97 Å². The molecule has 2 aromatic heterocycles. The van der Waals surface area contributed by atoms with Crippen LogP contribution in [0.1, 0.15) is 11.1 Å². The van der Waals surface area contributed by atoms with Crippen LogP contribution in [0.2, 0.25) is 0 Å². The fourth-order valence-corrected chi connectivity index (χ4v) is 3.29. The van der Waals surface area contributed by atoms with E-state index in [0.29, 0.717) is 33.3 Å². The Morgan fingerprint density at radius 3 is 1.41 bits per heavy atom. The average Bonchev–Trinajstić information content (AvgIpc) is 2.83. The van der Waals surface area contributed by atoms with E-state index in [0.717, 1.165) is 0 Å². The molecule has 3 aromatic carbocycles. The highest BCUT2D eigenvalue weighted by Crippen LogP contribution is 2.24. The highest BCUT2D eigenvalue weighted by atomic mass is 16.4. The molecular weight excluding hydrogens is 408 g/mol. The smallest absolute Gasteiger partial charge is 0.347 e. The van der Waals surface area contributed by atoms with Crippen LogP contribution >= 0.6 is 0 Å². The Balaban J connectivity index is 1.55. The quantitative estimate of drug-likeness (QED) is 0.423. The topological polar surface area (TPSA) is 134 Å². The highest BCUT2D eigenvalue weighted by molar-refractivity contribution is 5.81. The summed E-state index contributed by atoms with van der Waals surface area (Å²) in [5, 5.41) is 18.4. The molecule has 0 amide bonds. The van der Waals surface area contributed by atoms with Crippen LogP contribution < -0.4 is 11.3 Å². The third kappa shape index (κ3) is 3.18. The molecular formula is C24H10N4O4. The maximum Gasteiger partial charge on any atom is 0.347 e. The maximum absolute atomic E-state index is 12.3. The van der Waals surface area contributed by atoms with E-state index in [1.54, 1.807) is 48.5 Å². The monoisotopic (exact) mass is 418 g/mol. The number of aromatic nitrogens is 2. The summed E-state index contributed by atoms with van der Waals surface area (Å²) < 4.78 is 10.7. The molecule has 0 bridgehead atoms. The predicted octanol–water partition coefficient (Wildman–Crippen LogP) is 3.77. The van der Waals surface area contributed by atoms with Gasteiger partial charge in [0.25, 0.3) is 0 Å². The first kappa shape index (κ1) is 18.9. The molecule has 5 rings (SSSR count). The molecule has 0 N–H and O–H groups in total. The van der Waals surface area contributed by atoms with Crippen molar-refractivity contribution in [3.8, 4) is 35.0 Å². The lowest BCUT2D eigenvalue weighted by Gasteiger charge is -2.04. The van der Waals surface area contributed by atoms with Gasteiger partial charge in [-0.05, 0) is 60.7 Å². The molecule has 0 aliphatic carbocycles. The molecule has 0 spiro atoms. The van der Waals surface area contributed by atoms with E-state index >= 15 is 0 Å². The standard InChI is InChI=1S/C24H10N4O4/c25-11-13-1-7-19-17(9-13)23(29)31-21(27-19)15-3-5-16(6-4-15)22-28-20-8-2-14(12-26)10-18(20)24(30)32-22/h1-10H. The molecule has 0 atom stereocenters. The van der Waals surface area contributed by atoms with Gasteiger partial charge >= 0.3 is 11.3 Å². The van der Waals surface area contributed by atoms with Gasteiger partial charge < -0.3 is 8.83 Å². The van der Waals surface area contributed by atoms with Crippen molar-refractivity contribution in [2.24, 2.45) is 0 Å². The molecule has 0 unspecified atom stereocenters. The van der Waals surface area contributed by atoms with Gasteiger partial charge in [0.05, 0.1) is 45.1 Å². The third-order valence-electron chi connectivity index (χ3n) is 4.89. The van der Waals surface area contributed by atoms with Crippen LogP contribution in [0.4, 0.5) is 0 Å². The van der Waals surface area contributed by atoms with Gasteiger partial charge in [0, 0.05) is 11.1 Å². The molecule has 0 saturated carbocycles. The largest absolute Gasteiger partial charge is 0.403 e. The van der Waals surface area contributed by atoms with Crippen LogP contribution in [0, 0.1) is 22.7 Å². The Morgan fingerprint density at radius 1 is 0.625 bits per heavy atom. The minimum absolute atomic E-state index is 0.121. The second-order valence-corrected chi connectivity index (χ2v) is 6.88. The van der Waals surface area contributed by atoms with E-state index in [-0.39, 0.29) is 22.6 Å². The Bertz CT molecular complexity index is 1610. The first-order chi connectivity index (χ1) is 15.6. The number of nitriles is 2. The van der Waals surface area contributed by atoms with E-state index in [2.05, 4.69) is 9.97 Å². The normalized spacial score (nSPS) is 10.7. The molecule has 8 nitrogen and oxygen atoms in total. The maximum atomic E-state index is 12.3. The molecule has 0 aliphatic rings. The second-order valence-electron chi connectivity index (χ2n) is 6.88. The lowest BCUT2D eigenvalue weighted by Crippen LogP contribution is -2.04. The predicted molar refractivity (Wildman–Crippen MR) is 114 cm³/mol. The van der Waals surface area contributed by atoms with E-state index in [1.807, 2.05) is 12.1 Å². The second kappa shape index (κ2) is 7.31. The summed E-state index contributed by atoms with van der Waals surface area (Å²) in [4.78, 5) is 33.4. The summed E-state index contributed by atoms with van der Waals surface area (Å²) in [6, 6.07) is 19.8. The third-order valence-corrected chi connectivity index (χ3v) is 4.89. The van der Waals surface area contributed by atoms with E-state index in [9.17, 15) is 9.59 Å². The number of nitrogens with zero attached hydrogens (tertiary/aromatic N) is 4.